The van der Waals surface area contributed by atoms with Crippen LogP contribution in [0.1, 0.15) is 93.4 Å². The molecule has 2 aliphatic heterocycles. The van der Waals surface area contributed by atoms with Gasteiger partial charge in [-0.25, -0.2) is 0 Å². The first-order valence-electron chi connectivity index (χ1n) is 13.0. The fourth-order valence-corrected chi connectivity index (χ4v) is 21.3. The second-order valence-electron chi connectivity index (χ2n) is 11.2. The Hall–Kier alpha value is 0.379. The first-order valence-corrected chi connectivity index (χ1v) is 20.7. The summed E-state index contributed by atoms with van der Waals surface area (Å²) >= 11 is -2.43. The fraction of sp³-hybridized carbons (Fsp3) is 0.923. The molecule has 3 aliphatic rings. The van der Waals surface area contributed by atoms with Crippen molar-refractivity contribution in [2.45, 2.75) is 137 Å². The summed E-state index contributed by atoms with van der Waals surface area (Å²) in [5, 5.41) is 0. The summed E-state index contributed by atoms with van der Waals surface area (Å²) in [5.41, 5.74) is 1.53. The molecule has 0 radical (unpaired) electrons. The van der Waals surface area contributed by atoms with Gasteiger partial charge in [0.25, 0.3) is 0 Å². The van der Waals surface area contributed by atoms with Gasteiger partial charge in [-0.2, -0.15) is 0 Å². The first-order chi connectivity index (χ1) is 14.6. The molecule has 0 spiro atoms. The molecule has 0 unspecified atom stereocenters. The summed E-state index contributed by atoms with van der Waals surface area (Å²) in [5.74, 6) is -0.732. The Kier molecular flexibility index (Phi) is 9.02. The standard InChI is InChI=1S/C14H21O4.3C4H9.Sn/c1-8-6-9-7-15-13(2,3)17-11(9)12-10(8)16-14(4,5)18-12;3*1-3-4-2;/h1,9-12H,6-7H2,2-5H3;3*1,3-4H2,2H3;/t9-,10+,11-,12-;;;;/m1..../s1. The van der Waals surface area contributed by atoms with Gasteiger partial charge in [-0.05, 0) is 0 Å². The van der Waals surface area contributed by atoms with Gasteiger partial charge in [-0.15, -0.1) is 0 Å². The van der Waals surface area contributed by atoms with Gasteiger partial charge in [0.1, 0.15) is 0 Å². The maximum absolute atomic E-state index is 6.56. The van der Waals surface area contributed by atoms with Crippen LogP contribution in [0.25, 0.3) is 0 Å². The van der Waals surface area contributed by atoms with Gasteiger partial charge < -0.3 is 0 Å². The molecule has 180 valence electrons. The monoisotopic (exact) mass is 544 g/mol. The molecule has 1 saturated carbocycles. The molecule has 5 heteroatoms. The Labute approximate surface area is 195 Å². The van der Waals surface area contributed by atoms with Gasteiger partial charge in [-0.3, -0.25) is 0 Å². The van der Waals surface area contributed by atoms with Crippen molar-refractivity contribution in [3.05, 3.63) is 9.67 Å². The van der Waals surface area contributed by atoms with Gasteiger partial charge in [0, 0.05) is 0 Å². The van der Waals surface area contributed by atoms with E-state index in [9.17, 15) is 0 Å². The molecule has 3 rings (SSSR count). The Morgan fingerprint density at radius 2 is 1.35 bits per heavy atom. The number of unbranched alkanes of at least 4 members (excludes halogenated alkanes) is 3. The molecule has 4 atom stereocenters. The molecule has 4 nitrogen and oxygen atoms in total. The van der Waals surface area contributed by atoms with Gasteiger partial charge in [-0.1, -0.05) is 0 Å². The third-order valence-corrected chi connectivity index (χ3v) is 21.8. The molecule has 2 saturated heterocycles. The zero-order chi connectivity index (χ0) is 22.7. The van der Waals surface area contributed by atoms with Crippen molar-refractivity contribution in [2.24, 2.45) is 5.92 Å². The van der Waals surface area contributed by atoms with Crippen molar-refractivity contribution >= 4 is 18.4 Å². The SMILES string of the molecule is CCC[CH2][Sn](/[CH]=C1\C[C@@H]2COC(C)(C)O[C@H]2[C@@H]2OC(C)(C)O[C@@H]12)([CH2]CCC)[CH2]CCC. The van der Waals surface area contributed by atoms with Crippen molar-refractivity contribution in [1.29, 1.82) is 0 Å². The fourth-order valence-electron chi connectivity index (χ4n) is 5.82. The molecule has 0 N–H and O–H groups in total. The van der Waals surface area contributed by atoms with E-state index in [1.54, 1.807) is 0 Å². The average Bonchev–Trinajstić information content (AvgIpc) is 3.05. The van der Waals surface area contributed by atoms with E-state index < -0.39 is 30.0 Å². The quantitative estimate of drug-likeness (QED) is 0.279. The van der Waals surface area contributed by atoms with E-state index in [1.807, 2.05) is 13.8 Å². The zero-order valence-electron chi connectivity index (χ0n) is 21.3. The van der Waals surface area contributed by atoms with Crippen molar-refractivity contribution < 1.29 is 18.9 Å². The van der Waals surface area contributed by atoms with Gasteiger partial charge in [0.05, 0.1) is 0 Å². The van der Waals surface area contributed by atoms with Crippen LogP contribution in [-0.2, 0) is 18.9 Å². The summed E-state index contributed by atoms with van der Waals surface area (Å²) in [4.78, 5) is 0. The third kappa shape index (κ3) is 6.49. The number of hydrogen-bond acceptors (Lipinski definition) is 4. The van der Waals surface area contributed by atoms with Gasteiger partial charge >= 0.3 is 196 Å². The Balaban J connectivity index is 1.94. The average molecular weight is 543 g/mol. The second-order valence-corrected chi connectivity index (χ2v) is 24.1. The summed E-state index contributed by atoms with van der Waals surface area (Å²) in [7, 11) is 0. The molecule has 0 aromatic carbocycles. The maximum atomic E-state index is 6.56. The minimum absolute atomic E-state index is 0.0179. The van der Waals surface area contributed by atoms with Crippen LogP contribution in [0.2, 0.25) is 13.3 Å². The van der Waals surface area contributed by atoms with Crippen LogP contribution >= 0.6 is 0 Å². The molecule has 2 heterocycles. The topological polar surface area (TPSA) is 36.9 Å². The van der Waals surface area contributed by atoms with Crippen LogP contribution in [0, 0.1) is 5.92 Å². The normalized spacial score (nSPS) is 33.3. The number of ether oxygens (including phenoxy) is 4. The number of hydrogen-bond donors (Lipinski definition) is 0. The Bertz CT molecular complexity index is 593. The van der Waals surface area contributed by atoms with Gasteiger partial charge in [0.2, 0.25) is 0 Å². The molecule has 3 fully saturated rings. The van der Waals surface area contributed by atoms with Crippen LogP contribution in [0.5, 0.6) is 0 Å². The van der Waals surface area contributed by atoms with E-state index in [1.165, 1.54) is 57.4 Å². The minimum atomic E-state index is -2.43. The molecule has 31 heavy (non-hydrogen) atoms. The molecular weight excluding hydrogens is 495 g/mol. The molecule has 0 aromatic rings. The molecular formula is C26H48O4Sn. The van der Waals surface area contributed by atoms with Crippen LogP contribution in [0.15, 0.2) is 9.67 Å². The second kappa shape index (κ2) is 10.8. The first kappa shape index (κ1) is 26.0. The van der Waals surface area contributed by atoms with Crippen molar-refractivity contribution in [2.75, 3.05) is 6.61 Å². The van der Waals surface area contributed by atoms with E-state index in [2.05, 4.69) is 38.7 Å². The van der Waals surface area contributed by atoms with E-state index in [4.69, 9.17) is 18.9 Å². The summed E-state index contributed by atoms with van der Waals surface area (Å²) in [6.45, 7) is 16.0. The molecule has 0 amide bonds. The van der Waals surface area contributed by atoms with Crippen molar-refractivity contribution in [3.63, 3.8) is 0 Å². The van der Waals surface area contributed by atoms with Crippen LogP contribution in [0.4, 0.5) is 0 Å². The van der Waals surface area contributed by atoms with Crippen molar-refractivity contribution in [1.82, 2.24) is 0 Å². The third-order valence-electron chi connectivity index (χ3n) is 7.42. The van der Waals surface area contributed by atoms with Crippen LogP contribution in [-0.4, -0.2) is 54.9 Å². The summed E-state index contributed by atoms with van der Waals surface area (Å²) in [6, 6.07) is 0. The Morgan fingerprint density at radius 3 is 1.90 bits per heavy atom. The number of rotatable bonds is 10. The van der Waals surface area contributed by atoms with E-state index >= 15 is 0 Å². The predicted octanol–water partition coefficient (Wildman–Crippen LogP) is 6.99. The van der Waals surface area contributed by atoms with Crippen LogP contribution in [0.3, 0.4) is 0 Å². The number of fused-ring (bicyclic) bond motifs is 3. The van der Waals surface area contributed by atoms with E-state index in [0.29, 0.717) is 5.92 Å². The predicted molar refractivity (Wildman–Crippen MR) is 130 cm³/mol. The zero-order valence-corrected chi connectivity index (χ0v) is 24.2. The van der Waals surface area contributed by atoms with E-state index in [-0.39, 0.29) is 18.3 Å². The summed E-state index contributed by atoms with van der Waals surface area (Å²) in [6.07, 6.45) is 9.20. The van der Waals surface area contributed by atoms with Gasteiger partial charge in [0.15, 0.2) is 0 Å². The van der Waals surface area contributed by atoms with Crippen molar-refractivity contribution in [3.8, 4) is 0 Å². The summed E-state index contributed by atoms with van der Waals surface area (Å²) < 4.78 is 32.9. The van der Waals surface area contributed by atoms with E-state index in [0.717, 1.165) is 13.0 Å². The Morgan fingerprint density at radius 1 is 0.806 bits per heavy atom. The van der Waals surface area contributed by atoms with Crippen LogP contribution < -0.4 is 0 Å². The molecule has 0 bridgehead atoms. The molecule has 1 aliphatic carbocycles. The molecule has 0 aromatic heterocycles.